The van der Waals surface area contributed by atoms with Gasteiger partial charge in [-0.2, -0.15) is 0 Å². The number of imidazole rings is 1. The number of H-pyrrole nitrogens is 1. The van der Waals surface area contributed by atoms with E-state index < -0.39 is 0 Å². The molecule has 174 valence electrons. The quantitative estimate of drug-likeness (QED) is 0.393. The molecule has 2 N–H and O–H groups in total. The number of aliphatic imine (C=N–C) groups is 1. The van der Waals surface area contributed by atoms with Crippen molar-refractivity contribution < 1.29 is 9.94 Å². The summed E-state index contributed by atoms with van der Waals surface area (Å²) >= 11 is 0. The van der Waals surface area contributed by atoms with Crippen LogP contribution in [0.15, 0.2) is 64.9 Å². The number of nitrogens with zero attached hydrogens (tertiary/aromatic N) is 4. The van der Waals surface area contributed by atoms with Gasteiger partial charge in [0.15, 0.2) is 0 Å². The van der Waals surface area contributed by atoms with E-state index in [1.807, 2.05) is 56.8 Å². The van der Waals surface area contributed by atoms with E-state index >= 15 is 0 Å². The number of aromatic nitrogens is 2. The zero-order chi connectivity index (χ0) is 23.5. The van der Waals surface area contributed by atoms with Crippen LogP contribution in [0.3, 0.4) is 0 Å². The minimum Gasteiger partial charge on any atom is -0.492 e. The standard InChI is InChI=1S/C27H29N5O2/c1-32(2)15-16-34-22-7-3-19(4-8-22)27-29-25(18-11-13-28-14-12-18)26(30-27)21-5-9-23-20(17-21)6-10-24(23)31-33/h3-5,7-9,11,13-14,17-18,33H,6,10,12,15-16H2,1-2H3,(H,29,30)/b31-24+. The van der Waals surface area contributed by atoms with Gasteiger partial charge < -0.3 is 19.8 Å². The van der Waals surface area contributed by atoms with Gasteiger partial charge in [0, 0.05) is 41.6 Å². The number of nitrogens with one attached hydrogen (secondary N) is 1. The Morgan fingerprint density at radius 2 is 1.94 bits per heavy atom. The number of aromatic amines is 1. The number of rotatable bonds is 7. The lowest BCUT2D eigenvalue weighted by molar-refractivity contribution is 0.261. The molecule has 7 nitrogen and oxygen atoms in total. The molecule has 0 radical (unpaired) electrons. The highest BCUT2D eigenvalue weighted by molar-refractivity contribution is 6.04. The third-order valence-electron chi connectivity index (χ3n) is 6.35. The van der Waals surface area contributed by atoms with Crippen LogP contribution in [0.4, 0.5) is 0 Å². The molecule has 0 bridgehead atoms. The fourth-order valence-corrected chi connectivity index (χ4v) is 4.47. The monoisotopic (exact) mass is 455 g/mol. The lowest BCUT2D eigenvalue weighted by Gasteiger charge is -2.13. The summed E-state index contributed by atoms with van der Waals surface area (Å²) in [6, 6.07) is 14.4. The van der Waals surface area contributed by atoms with Crippen molar-refractivity contribution in [3.8, 4) is 28.4 Å². The molecular weight excluding hydrogens is 426 g/mol. The van der Waals surface area contributed by atoms with Crippen molar-refractivity contribution in [2.24, 2.45) is 10.1 Å². The van der Waals surface area contributed by atoms with E-state index in [4.69, 9.17) is 9.72 Å². The molecule has 2 aliphatic rings. The Morgan fingerprint density at radius 1 is 1.12 bits per heavy atom. The smallest absolute Gasteiger partial charge is 0.138 e. The van der Waals surface area contributed by atoms with E-state index in [1.54, 1.807) is 0 Å². The van der Waals surface area contributed by atoms with Crippen molar-refractivity contribution in [3.63, 3.8) is 0 Å². The average Bonchev–Trinajstić information content (AvgIpc) is 3.49. The summed E-state index contributed by atoms with van der Waals surface area (Å²) in [6.45, 7) is 1.52. The van der Waals surface area contributed by atoms with Crippen LogP contribution in [0.25, 0.3) is 22.6 Å². The lowest BCUT2D eigenvalue weighted by Crippen LogP contribution is -2.19. The Bertz CT molecular complexity index is 1250. The van der Waals surface area contributed by atoms with Crippen LogP contribution in [0.2, 0.25) is 0 Å². The van der Waals surface area contributed by atoms with Gasteiger partial charge in [0.2, 0.25) is 0 Å². The first-order valence-corrected chi connectivity index (χ1v) is 11.6. The molecule has 34 heavy (non-hydrogen) atoms. The predicted octanol–water partition coefficient (Wildman–Crippen LogP) is 4.88. The number of benzene rings is 2. The fourth-order valence-electron chi connectivity index (χ4n) is 4.47. The Labute approximate surface area is 199 Å². The molecule has 3 aromatic rings. The number of allylic oxidation sites excluding steroid dienone is 1. The second-order valence-corrected chi connectivity index (χ2v) is 8.96. The molecule has 0 saturated heterocycles. The van der Waals surface area contributed by atoms with E-state index in [0.717, 1.165) is 71.2 Å². The maximum atomic E-state index is 9.27. The van der Waals surface area contributed by atoms with E-state index in [9.17, 15) is 5.21 Å². The number of likely N-dealkylation sites (N-methyl/N-ethyl adjacent to an activating group) is 1. The lowest BCUT2D eigenvalue weighted by atomic mass is 9.95. The van der Waals surface area contributed by atoms with E-state index in [-0.39, 0.29) is 5.92 Å². The second-order valence-electron chi connectivity index (χ2n) is 8.96. The summed E-state index contributed by atoms with van der Waals surface area (Å²) < 4.78 is 5.84. The highest BCUT2D eigenvalue weighted by atomic mass is 16.5. The molecule has 7 heteroatoms. The Morgan fingerprint density at radius 3 is 2.68 bits per heavy atom. The fraction of sp³-hybridized carbons (Fsp3) is 0.296. The number of aryl methyl sites for hydroxylation is 1. The molecule has 0 fully saturated rings. The highest BCUT2D eigenvalue weighted by Gasteiger charge is 2.23. The second kappa shape index (κ2) is 9.65. The Balaban J connectivity index is 1.47. The largest absolute Gasteiger partial charge is 0.492 e. The van der Waals surface area contributed by atoms with Gasteiger partial charge in [-0.25, -0.2) is 4.98 Å². The van der Waals surface area contributed by atoms with Crippen LogP contribution in [0, 0.1) is 0 Å². The van der Waals surface area contributed by atoms with Gasteiger partial charge in [-0.15, -0.1) is 0 Å². The number of fused-ring (bicyclic) bond motifs is 1. The molecule has 0 spiro atoms. The first-order valence-electron chi connectivity index (χ1n) is 11.6. The number of oxime groups is 1. The zero-order valence-electron chi connectivity index (χ0n) is 19.5. The summed E-state index contributed by atoms with van der Waals surface area (Å²) in [5.41, 5.74) is 7.08. The molecule has 5 rings (SSSR count). The molecule has 1 atom stereocenters. The van der Waals surface area contributed by atoms with Crippen molar-refractivity contribution in [2.75, 3.05) is 27.2 Å². The molecule has 1 unspecified atom stereocenters. The molecule has 1 aliphatic heterocycles. The summed E-state index contributed by atoms with van der Waals surface area (Å²) in [5.74, 6) is 1.87. The van der Waals surface area contributed by atoms with E-state index in [2.05, 4.69) is 38.2 Å². The van der Waals surface area contributed by atoms with Crippen LogP contribution in [0.1, 0.15) is 35.6 Å². The minimum atomic E-state index is 0.185. The van der Waals surface area contributed by atoms with E-state index in [1.165, 1.54) is 5.56 Å². The Hall–Kier alpha value is -3.71. The predicted molar refractivity (Wildman–Crippen MR) is 135 cm³/mol. The molecular formula is C27H29N5O2. The number of hydrogen-bond acceptors (Lipinski definition) is 6. The average molecular weight is 456 g/mol. The van der Waals surface area contributed by atoms with Gasteiger partial charge >= 0.3 is 0 Å². The summed E-state index contributed by atoms with van der Waals surface area (Å²) in [7, 11) is 4.07. The van der Waals surface area contributed by atoms with Crippen molar-refractivity contribution in [2.45, 2.75) is 25.2 Å². The van der Waals surface area contributed by atoms with Crippen LogP contribution in [-0.2, 0) is 6.42 Å². The van der Waals surface area contributed by atoms with Crippen LogP contribution in [0.5, 0.6) is 5.75 Å². The minimum absolute atomic E-state index is 0.185. The Kier molecular flexibility index (Phi) is 6.27. The maximum Gasteiger partial charge on any atom is 0.138 e. The van der Waals surface area contributed by atoms with Crippen molar-refractivity contribution in [1.82, 2.24) is 14.9 Å². The maximum absolute atomic E-state index is 9.27. The van der Waals surface area contributed by atoms with Crippen molar-refractivity contribution in [1.29, 1.82) is 0 Å². The topological polar surface area (TPSA) is 86.1 Å². The summed E-state index contributed by atoms with van der Waals surface area (Å²) in [4.78, 5) is 15.0. The zero-order valence-corrected chi connectivity index (χ0v) is 19.5. The van der Waals surface area contributed by atoms with E-state index in [0.29, 0.717) is 6.61 Å². The normalized spacial score (nSPS) is 18.1. The molecule has 0 saturated carbocycles. The van der Waals surface area contributed by atoms with Gasteiger partial charge in [0.1, 0.15) is 18.2 Å². The van der Waals surface area contributed by atoms with Gasteiger partial charge in [-0.3, -0.25) is 4.99 Å². The summed E-state index contributed by atoms with van der Waals surface area (Å²) in [6.07, 6.45) is 8.38. The molecule has 0 amide bonds. The number of hydrogen-bond donors (Lipinski definition) is 2. The highest BCUT2D eigenvalue weighted by Crippen LogP contribution is 2.36. The first kappa shape index (κ1) is 22.1. The van der Waals surface area contributed by atoms with Crippen LogP contribution >= 0.6 is 0 Å². The third-order valence-corrected chi connectivity index (χ3v) is 6.35. The molecule has 1 aliphatic carbocycles. The van der Waals surface area contributed by atoms with Gasteiger partial charge in [0.05, 0.1) is 17.1 Å². The third kappa shape index (κ3) is 4.52. The first-order chi connectivity index (χ1) is 16.6. The molecule has 2 aromatic carbocycles. The molecule has 2 heterocycles. The summed E-state index contributed by atoms with van der Waals surface area (Å²) in [5, 5.41) is 12.7. The SMILES string of the molecule is CN(C)CCOc1ccc(-c2nc(-c3ccc4c(c3)CC/C4=N\O)c(C3C=CN=CC3)[nH]2)cc1. The number of ether oxygens (including phenoxy) is 1. The van der Waals surface area contributed by atoms with Gasteiger partial charge in [0.25, 0.3) is 0 Å². The molecule has 1 aromatic heterocycles. The van der Waals surface area contributed by atoms with Crippen LogP contribution in [-0.4, -0.2) is 59.2 Å². The van der Waals surface area contributed by atoms with Crippen molar-refractivity contribution >= 4 is 11.9 Å². The van der Waals surface area contributed by atoms with Gasteiger partial charge in [-0.1, -0.05) is 23.4 Å². The van der Waals surface area contributed by atoms with Crippen LogP contribution < -0.4 is 4.74 Å². The van der Waals surface area contributed by atoms with Crippen molar-refractivity contribution in [3.05, 3.63) is 71.6 Å². The van der Waals surface area contributed by atoms with Gasteiger partial charge in [-0.05, 0) is 69.3 Å².